The molecule has 1 aliphatic rings. The van der Waals surface area contributed by atoms with Gasteiger partial charge in [0.15, 0.2) is 0 Å². The zero-order valence-corrected chi connectivity index (χ0v) is 22.4. The van der Waals surface area contributed by atoms with E-state index in [2.05, 4.69) is 74.4 Å². The van der Waals surface area contributed by atoms with Crippen LogP contribution in [0.3, 0.4) is 0 Å². The van der Waals surface area contributed by atoms with Gasteiger partial charge < -0.3 is 19.4 Å². The van der Waals surface area contributed by atoms with Crippen molar-refractivity contribution in [1.29, 1.82) is 0 Å². The number of hydrogen-bond acceptors (Lipinski definition) is 4. The summed E-state index contributed by atoms with van der Waals surface area (Å²) in [5.41, 5.74) is 0.502. The van der Waals surface area contributed by atoms with Gasteiger partial charge in [-0.2, -0.15) is 0 Å². The van der Waals surface area contributed by atoms with Crippen molar-refractivity contribution in [3.05, 3.63) is 36.4 Å². The van der Waals surface area contributed by atoms with E-state index in [0.29, 0.717) is 4.99 Å². The highest BCUT2D eigenvalue weighted by Crippen LogP contribution is 2.39. The molecule has 7 heteroatoms. The van der Waals surface area contributed by atoms with Gasteiger partial charge >= 0.3 is 6.09 Å². The number of anilines is 1. The Morgan fingerprint density at radius 2 is 1.81 bits per heavy atom. The number of nitrogens with one attached hydrogen (secondary N) is 1. The van der Waals surface area contributed by atoms with Crippen molar-refractivity contribution in [1.82, 2.24) is 5.32 Å². The van der Waals surface area contributed by atoms with Crippen molar-refractivity contribution in [3.63, 3.8) is 0 Å². The molecule has 2 aromatic rings. The predicted molar refractivity (Wildman–Crippen MR) is 139 cm³/mol. The van der Waals surface area contributed by atoms with Crippen LogP contribution in [0.2, 0.25) is 18.1 Å². The van der Waals surface area contributed by atoms with E-state index in [1.54, 1.807) is 0 Å². The lowest BCUT2D eigenvalue weighted by atomic mass is 10.1. The molecule has 2 aromatic carbocycles. The number of nitrogens with zero attached hydrogens (tertiary/aromatic N) is 1. The first-order chi connectivity index (χ1) is 14.7. The molecular weight excluding hydrogens is 436 g/mol. The number of fused-ring (bicyclic) bond motifs is 1. The standard InChI is InChI=1S/C25H36N2O3SSi/c1-24(2,3)29-23(28)26-20-14-15-27(22(20)31)21-11-9-10-17-12-13-18(16-19(17)21)30-32(7,8)25(4,5)6/h9-13,16,20H,14-15H2,1-8H3,(H,26,28)/t20-/m1/s1. The van der Waals surface area contributed by atoms with Crippen LogP contribution in [0.1, 0.15) is 48.0 Å². The molecule has 0 aliphatic carbocycles. The first-order valence-corrected chi connectivity index (χ1v) is 14.5. The zero-order valence-electron chi connectivity index (χ0n) is 20.5. The van der Waals surface area contributed by atoms with Crippen LogP contribution in [0.4, 0.5) is 10.5 Å². The summed E-state index contributed by atoms with van der Waals surface area (Å²) in [6, 6.07) is 12.3. The second kappa shape index (κ2) is 8.67. The number of hydrogen-bond donors (Lipinski definition) is 1. The maximum atomic E-state index is 12.3. The van der Waals surface area contributed by atoms with E-state index in [-0.39, 0.29) is 11.1 Å². The van der Waals surface area contributed by atoms with Gasteiger partial charge in [0.25, 0.3) is 0 Å². The molecule has 1 fully saturated rings. The summed E-state index contributed by atoms with van der Waals surface area (Å²) in [5.74, 6) is 0.894. The lowest BCUT2D eigenvalue weighted by Crippen LogP contribution is -2.43. The first kappa shape index (κ1) is 24.5. The fraction of sp³-hybridized carbons (Fsp3) is 0.520. The largest absolute Gasteiger partial charge is 0.543 e. The number of ether oxygens (including phenoxy) is 1. The molecule has 1 amide bonds. The highest BCUT2D eigenvalue weighted by Gasteiger charge is 2.39. The molecule has 5 nitrogen and oxygen atoms in total. The minimum atomic E-state index is -1.95. The number of amides is 1. The second-order valence-corrected chi connectivity index (χ2v) is 16.1. The number of rotatable bonds is 4. The van der Waals surface area contributed by atoms with Crippen molar-refractivity contribution in [3.8, 4) is 5.75 Å². The van der Waals surface area contributed by atoms with Gasteiger partial charge in [0.2, 0.25) is 8.32 Å². The van der Waals surface area contributed by atoms with E-state index in [9.17, 15) is 4.79 Å². The molecule has 174 valence electrons. The van der Waals surface area contributed by atoms with Gasteiger partial charge in [0, 0.05) is 17.6 Å². The maximum absolute atomic E-state index is 12.3. The average Bonchev–Trinajstić information content (AvgIpc) is 2.98. The van der Waals surface area contributed by atoms with Crippen molar-refractivity contribution < 1.29 is 14.0 Å². The summed E-state index contributed by atoms with van der Waals surface area (Å²) in [6.45, 7) is 17.5. The van der Waals surface area contributed by atoms with Crippen molar-refractivity contribution in [2.75, 3.05) is 11.4 Å². The summed E-state index contributed by atoms with van der Waals surface area (Å²) in [7, 11) is -1.95. The van der Waals surface area contributed by atoms with E-state index in [0.717, 1.165) is 35.2 Å². The highest BCUT2D eigenvalue weighted by molar-refractivity contribution is 7.80. The monoisotopic (exact) mass is 472 g/mol. The molecule has 0 spiro atoms. The zero-order chi connectivity index (χ0) is 23.9. The van der Waals surface area contributed by atoms with Gasteiger partial charge in [-0.3, -0.25) is 0 Å². The van der Waals surface area contributed by atoms with Gasteiger partial charge in [-0.15, -0.1) is 0 Å². The summed E-state index contributed by atoms with van der Waals surface area (Å²) in [5, 5.41) is 5.29. The molecule has 1 atom stereocenters. The van der Waals surface area contributed by atoms with Crippen molar-refractivity contribution in [2.45, 2.75) is 77.7 Å². The normalized spacial score (nSPS) is 17.6. The Kier molecular flexibility index (Phi) is 6.64. The molecule has 1 N–H and O–H groups in total. The second-order valence-electron chi connectivity index (χ2n) is 11.0. The Balaban J connectivity index is 1.86. The smallest absolute Gasteiger partial charge is 0.408 e. The molecule has 0 radical (unpaired) electrons. The van der Waals surface area contributed by atoms with E-state index < -0.39 is 20.0 Å². The van der Waals surface area contributed by atoms with Gasteiger partial charge in [0.1, 0.15) is 16.3 Å². The molecule has 3 rings (SSSR count). The Labute approximate surface area is 198 Å². The number of thiocarbonyl (C=S) groups is 1. The Hall–Kier alpha value is -2.12. The Bertz CT molecular complexity index is 1020. The highest BCUT2D eigenvalue weighted by atomic mass is 32.1. The quantitative estimate of drug-likeness (QED) is 0.398. The van der Waals surface area contributed by atoms with Gasteiger partial charge in [0.05, 0.1) is 6.04 Å². The third-order valence-corrected chi connectivity index (χ3v) is 11.1. The van der Waals surface area contributed by atoms with Crippen molar-refractivity contribution >= 4 is 48.1 Å². The van der Waals surface area contributed by atoms with E-state index >= 15 is 0 Å². The van der Waals surface area contributed by atoms with Crippen molar-refractivity contribution in [2.24, 2.45) is 0 Å². The number of alkyl carbamates (subject to hydrolysis) is 1. The van der Waals surface area contributed by atoms with Crippen LogP contribution >= 0.6 is 12.2 Å². The van der Waals surface area contributed by atoms with Crippen LogP contribution in [0.5, 0.6) is 5.75 Å². The van der Waals surface area contributed by atoms with Crippen LogP contribution in [-0.2, 0) is 4.74 Å². The summed E-state index contributed by atoms with van der Waals surface area (Å²) >= 11 is 5.77. The van der Waals surface area contributed by atoms with E-state index in [1.807, 2.05) is 26.8 Å². The van der Waals surface area contributed by atoms with Gasteiger partial charge in [-0.1, -0.05) is 51.2 Å². The molecule has 32 heavy (non-hydrogen) atoms. The third-order valence-electron chi connectivity index (χ3n) is 6.20. The third kappa shape index (κ3) is 5.43. The molecule has 1 aliphatic heterocycles. The Morgan fingerprint density at radius 3 is 2.44 bits per heavy atom. The molecule has 0 saturated carbocycles. The summed E-state index contributed by atoms with van der Waals surface area (Å²) in [6.07, 6.45) is 0.309. The first-order valence-electron chi connectivity index (χ1n) is 11.2. The number of benzene rings is 2. The number of carbonyl (C=O) groups is 1. The Morgan fingerprint density at radius 1 is 1.12 bits per heavy atom. The minimum absolute atomic E-state index is 0.124. The SMILES string of the molecule is CC(C)(C)OC(=O)N[C@@H]1CCN(c2cccc3ccc(O[Si](C)(C)C(C)(C)C)cc23)C1=S. The predicted octanol–water partition coefficient (Wildman–Crippen LogP) is 6.65. The lowest BCUT2D eigenvalue weighted by Gasteiger charge is -2.36. The minimum Gasteiger partial charge on any atom is -0.543 e. The molecular formula is C25H36N2O3SSi. The molecule has 0 unspecified atom stereocenters. The molecule has 1 heterocycles. The van der Waals surface area contributed by atoms with Gasteiger partial charge in [-0.25, -0.2) is 4.79 Å². The fourth-order valence-electron chi connectivity index (χ4n) is 3.48. The van der Waals surface area contributed by atoms with Crippen LogP contribution in [0.25, 0.3) is 10.8 Å². The summed E-state index contributed by atoms with van der Waals surface area (Å²) < 4.78 is 12.0. The van der Waals surface area contributed by atoms with Crippen LogP contribution < -0.4 is 14.6 Å². The average molecular weight is 473 g/mol. The molecule has 1 saturated heterocycles. The molecule has 0 bridgehead atoms. The fourth-order valence-corrected chi connectivity index (χ4v) is 4.87. The van der Waals surface area contributed by atoms with Crippen LogP contribution in [-0.4, -0.2) is 37.6 Å². The number of carbonyl (C=O) groups excluding carboxylic acids is 1. The van der Waals surface area contributed by atoms with Crippen LogP contribution in [0.15, 0.2) is 36.4 Å². The molecule has 0 aromatic heterocycles. The summed E-state index contributed by atoms with van der Waals surface area (Å²) in [4.78, 5) is 15.1. The van der Waals surface area contributed by atoms with E-state index in [1.165, 1.54) is 0 Å². The van der Waals surface area contributed by atoms with Crippen LogP contribution in [0, 0.1) is 0 Å². The van der Waals surface area contributed by atoms with E-state index in [4.69, 9.17) is 21.4 Å². The topological polar surface area (TPSA) is 50.8 Å². The van der Waals surface area contributed by atoms with Gasteiger partial charge in [-0.05, 0) is 68.9 Å². The maximum Gasteiger partial charge on any atom is 0.408 e. The lowest BCUT2D eigenvalue weighted by molar-refractivity contribution is 0.0519.